The number of carbonyl (C=O) groups excluding carboxylic acids is 1. The van der Waals surface area contributed by atoms with Crippen LogP contribution in [0.5, 0.6) is 0 Å². The van der Waals surface area contributed by atoms with Gasteiger partial charge in [-0.2, -0.15) is 0 Å². The Morgan fingerprint density at radius 3 is 3.00 bits per heavy atom. The number of nitrogens with one attached hydrogen (secondary N) is 1. The number of hydrogen-bond donors (Lipinski definition) is 2. The fraction of sp³-hybridized carbons (Fsp3) is 0.167. The van der Waals surface area contributed by atoms with Gasteiger partial charge in [0.2, 0.25) is 0 Å². The number of nitrogen functional groups attached to an aromatic ring is 1. The van der Waals surface area contributed by atoms with Crippen molar-refractivity contribution in [3.8, 4) is 0 Å². The van der Waals surface area contributed by atoms with E-state index in [2.05, 4.69) is 10.3 Å². The summed E-state index contributed by atoms with van der Waals surface area (Å²) >= 11 is 7.53. The van der Waals surface area contributed by atoms with Gasteiger partial charge in [0.25, 0.3) is 5.91 Å². The Morgan fingerprint density at radius 1 is 1.56 bits per heavy atom. The van der Waals surface area contributed by atoms with E-state index in [1.165, 1.54) is 0 Å². The van der Waals surface area contributed by atoms with Crippen LogP contribution in [0.3, 0.4) is 0 Å². The Kier molecular flexibility index (Phi) is 3.84. The first-order chi connectivity index (χ1) is 8.58. The van der Waals surface area contributed by atoms with Crippen LogP contribution in [0, 0.1) is 6.92 Å². The highest BCUT2D eigenvalue weighted by atomic mass is 35.5. The third-order valence-corrected chi connectivity index (χ3v) is 3.70. The summed E-state index contributed by atoms with van der Waals surface area (Å²) in [6, 6.07) is 5.00. The Bertz CT molecular complexity index is 582. The normalized spacial score (nSPS) is 10.3. The van der Waals surface area contributed by atoms with Crippen molar-refractivity contribution in [3.63, 3.8) is 0 Å². The first-order valence-corrected chi connectivity index (χ1v) is 6.51. The van der Waals surface area contributed by atoms with Crippen molar-refractivity contribution in [1.82, 2.24) is 10.3 Å². The van der Waals surface area contributed by atoms with E-state index in [0.717, 1.165) is 9.88 Å². The minimum absolute atomic E-state index is 0.238. The van der Waals surface area contributed by atoms with Gasteiger partial charge in [-0.05, 0) is 19.1 Å². The molecule has 18 heavy (non-hydrogen) atoms. The van der Waals surface area contributed by atoms with Crippen LogP contribution >= 0.6 is 22.9 Å². The van der Waals surface area contributed by atoms with Crippen molar-refractivity contribution < 1.29 is 4.79 Å². The number of halogens is 1. The number of nitrogens with zero attached hydrogens (tertiary/aromatic N) is 1. The first-order valence-electron chi connectivity index (χ1n) is 5.31. The van der Waals surface area contributed by atoms with Crippen molar-refractivity contribution in [2.45, 2.75) is 13.5 Å². The largest absolute Gasteiger partial charge is 0.398 e. The van der Waals surface area contributed by atoms with Crippen LogP contribution in [-0.2, 0) is 6.54 Å². The van der Waals surface area contributed by atoms with E-state index >= 15 is 0 Å². The molecule has 0 radical (unpaired) electrons. The fourth-order valence-corrected chi connectivity index (χ4v) is 2.42. The Labute approximate surface area is 114 Å². The maximum Gasteiger partial charge on any atom is 0.253 e. The molecule has 0 saturated heterocycles. The molecule has 3 N–H and O–H groups in total. The summed E-state index contributed by atoms with van der Waals surface area (Å²) in [5.74, 6) is -0.238. The van der Waals surface area contributed by atoms with E-state index in [1.54, 1.807) is 35.7 Å². The van der Waals surface area contributed by atoms with Gasteiger partial charge in [-0.1, -0.05) is 17.7 Å². The van der Waals surface area contributed by atoms with E-state index in [0.29, 0.717) is 17.8 Å². The van der Waals surface area contributed by atoms with Gasteiger partial charge in [0, 0.05) is 11.1 Å². The third-order valence-electron chi connectivity index (χ3n) is 2.37. The van der Waals surface area contributed by atoms with Crippen LogP contribution in [0.25, 0.3) is 0 Å². The quantitative estimate of drug-likeness (QED) is 0.850. The van der Waals surface area contributed by atoms with Crippen LogP contribution < -0.4 is 11.1 Å². The van der Waals surface area contributed by atoms with E-state index < -0.39 is 0 Å². The lowest BCUT2D eigenvalue weighted by Crippen LogP contribution is -2.22. The van der Waals surface area contributed by atoms with Crippen molar-refractivity contribution in [2.75, 3.05) is 5.73 Å². The molecule has 0 aliphatic heterocycles. The summed E-state index contributed by atoms with van der Waals surface area (Å²) in [6.45, 7) is 2.36. The fourth-order valence-electron chi connectivity index (χ4n) is 1.47. The summed E-state index contributed by atoms with van der Waals surface area (Å²) in [4.78, 5) is 17.1. The molecule has 1 heterocycles. The van der Waals surface area contributed by atoms with Gasteiger partial charge in [0.1, 0.15) is 0 Å². The zero-order chi connectivity index (χ0) is 13.1. The van der Waals surface area contributed by atoms with E-state index in [-0.39, 0.29) is 10.9 Å². The second-order valence-corrected chi connectivity index (χ2v) is 5.43. The standard InChI is InChI=1S/C12H12ClN3OS/c1-7-15-5-8(18-7)6-16-12(17)9-3-2-4-10(14)11(9)13/h2-5H,6,14H2,1H3,(H,16,17). The van der Waals surface area contributed by atoms with Crippen molar-refractivity contribution in [1.29, 1.82) is 0 Å². The van der Waals surface area contributed by atoms with Gasteiger partial charge < -0.3 is 11.1 Å². The van der Waals surface area contributed by atoms with Crippen LogP contribution in [0.1, 0.15) is 20.2 Å². The van der Waals surface area contributed by atoms with Crippen LogP contribution in [-0.4, -0.2) is 10.9 Å². The first kappa shape index (κ1) is 12.9. The highest BCUT2D eigenvalue weighted by molar-refractivity contribution is 7.11. The van der Waals surface area contributed by atoms with Crippen molar-refractivity contribution in [3.05, 3.63) is 44.9 Å². The van der Waals surface area contributed by atoms with Gasteiger partial charge in [-0.25, -0.2) is 4.98 Å². The topological polar surface area (TPSA) is 68.0 Å². The van der Waals surface area contributed by atoms with Gasteiger partial charge in [-0.15, -0.1) is 11.3 Å². The minimum Gasteiger partial charge on any atom is -0.398 e. The van der Waals surface area contributed by atoms with Crippen LogP contribution in [0.15, 0.2) is 24.4 Å². The maximum atomic E-state index is 11.9. The molecule has 0 aliphatic carbocycles. The lowest BCUT2D eigenvalue weighted by atomic mass is 10.2. The zero-order valence-electron chi connectivity index (χ0n) is 9.74. The lowest BCUT2D eigenvalue weighted by molar-refractivity contribution is 0.0951. The molecule has 1 aromatic carbocycles. The number of benzene rings is 1. The molecular weight excluding hydrogens is 270 g/mol. The summed E-state index contributed by atoms with van der Waals surface area (Å²) in [5, 5.41) is 4.05. The molecule has 0 unspecified atom stereocenters. The van der Waals surface area contributed by atoms with E-state index in [4.69, 9.17) is 17.3 Å². The molecule has 0 aliphatic rings. The molecule has 2 aromatic rings. The average Bonchev–Trinajstić information content (AvgIpc) is 2.76. The molecule has 1 amide bonds. The number of aryl methyl sites for hydroxylation is 1. The summed E-state index contributed by atoms with van der Waals surface area (Å²) in [7, 11) is 0. The smallest absolute Gasteiger partial charge is 0.253 e. The van der Waals surface area contributed by atoms with Gasteiger partial charge >= 0.3 is 0 Å². The SMILES string of the molecule is Cc1ncc(CNC(=O)c2cccc(N)c2Cl)s1. The minimum atomic E-state index is -0.238. The summed E-state index contributed by atoms with van der Waals surface area (Å²) in [6.07, 6.45) is 1.75. The highest BCUT2D eigenvalue weighted by Crippen LogP contribution is 2.23. The molecule has 0 fully saturated rings. The monoisotopic (exact) mass is 281 g/mol. The predicted molar refractivity (Wildman–Crippen MR) is 73.9 cm³/mol. The molecule has 6 heteroatoms. The third kappa shape index (κ3) is 2.80. The number of nitrogens with two attached hydrogens (primary N) is 1. The molecule has 2 rings (SSSR count). The summed E-state index contributed by atoms with van der Waals surface area (Å²) in [5.41, 5.74) is 6.44. The Balaban J connectivity index is 2.06. The van der Waals surface area contributed by atoms with E-state index in [9.17, 15) is 4.79 Å². The molecule has 0 atom stereocenters. The molecule has 0 spiro atoms. The van der Waals surface area contributed by atoms with Crippen molar-refractivity contribution >= 4 is 34.5 Å². The van der Waals surface area contributed by atoms with Crippen LogP contribution in [0.4, 0.5) is 5.69 Å². The number of anilines is 1. The Hall–Kier alpha value is -1.59. The number of carbonyl (C=O) groups is 1. The van der Waals surface area contributed by atoms with Gasteiger partial charge in [0.05, 0.1) is 27.8 Å². The molecule has 4 nitrogen and oxygen atoms in total. The molecular formula is C12H12ClN3OS. The highest BCUT2D eigenvalue weighted by Gasteiger charge is 2.12. The lowest BCUT2D eigenvalue weighted by Gasteiger charge is -2.06. The number of hydrogen-bond acceptors (Lipinski definition) is 4. The zero-order valence-corrected chi connectivity index (χ0v) is 11.3. The second kappa shape index (κ2) is 5.37. The molecule has 94 valence electrons. The Morgan fingerprint density at radius 2 is 2.33 bits per heavy atom. The molecule has 0 saturated carbocycles. The number of amides is 1. The predicted octanol–water partition coefficient (Wildman–Crippen LogP) is 2.62. The molecule has 0 bridgehead atoms. The number of rotatable bonds is 3. The second-order valence-electron chi connectivity index (χ2n) is 3.74. The van der Waals surface area contributed by atoms with Crippen molar-refractivity contribution in [2.24, 2.45) is 0 Å². The number of aromatic nitrogens is 1. The maximum absolute atomic E-state index is 11.9. The molecule has 1 aromatic heterocycles. The average molecular weight is 282 g/mol. The number of thiazole rings is 1. The van der Waals surface area contributed by atoms with Gasteiger partial charge in [0.15, 0.2) is 0 Å². The van der Waals surface area contributed by atoms with E-state index in [1.807, 2.05) is 6.92 Å². The summed E-state index contributed by atoms with van der Waals surface area (Å²) < 4.78 is 0. The van der Waals surface area contributed by atoms with Crippen LogP contribution in [0.2, 0.25) is 5.02 Å². The van der Waals surface area contributed by atoms with Gasteiger partial charge in [-0.3, -0.25) is 4.79 Å².